The summed E-state index contributed by atoms with van der Waals surface area (Å²) < 4.78 is 6.23. The minimum atomic E-state index is 0. The lowest BCUT2D eigenvalue weighted by Gasteiger charge is -1.95. The molecule has 0 atom stereocenters. The molecule has 0 N–H and O–H groups in total. The van der Waals surface area contributed by atoms with E-state index in [1.165, 1.54) is 0 Å². The van der Waals surface area contributed by atoms with Gasteiger partial charge in [0.25, 0.3) is 0 Å². The van der Waals surface area contributed by atoms with Crippen LogP contribution < -0.4 is 4.74 Å². The Morgan fingerprint density at radius 3 is 2.92 bits per heavy atom. The maximum absolute atomic E-state index is 11.0. The maximum atomic E-state index is 11.0. The number of halogens is 2. The zero-order valence-electron chi connectivity index (χ0n) is 6.04. The van der Waals surface area contributed by atoms with Crippen molar-refractivity contribution in [3.63, 3.8) is 0 Å². The van der Waals surface area contributed by atoms with E-state index >= 15 is 0 Å². The normalized spacial score (nSPS) is 13.2. The molecule has 0 amide bonds. The van der Waals surface area contributed by atoms with E-state index in [-0.39, 0.29) is 24.8 Å². The number of Topliss-reactive ketones (excluding diaryl/α,β-unsaturated/α-hetero) is 1. The molecule has 0 unspecified atom stereocenters. The van der Waals surface area contributed by atoms with Crippen LogP contribution in [0.5, 0.6) is 5.75 Å². The molecule has 1 aliphatic rings. The van der Waals surface area contributed by atoms with Crippen molar-refractivity contribution in [1.29, 1.82) is 0 Å². The third kappa shape index (κ3) is 1.56. The summed E-state index contributed by atoms with van der Waals surface area (Å²) in [6.07, 6.45) is 0. The fourth-order valence-electron chi connectivity index (χ4n) is 1.07. The van der Waals surface area contributed by atoms with E-state index in [4.69, 9.17) is 4.74 Å². The second-order valence-corrected chi connectivity index (χ2v) is 3.60. The number of fused-ring (bicyclic) bond motifs is 1. The van der Waals surface area contributed by atoms with Crippen molar-refractivity contribution in [2.24, 2.45) is 0 Å². The molecule has 0 saturated carbocycles. The summed E-state index contributed by atoms with van der Waals surface area (Å²) in [5.41, 5.74) is 0.713. The van der Waals surface area contributed by atoms with Crippen LogP contribution in [0.1, 0.15) is 10.4 Å². The molecule has 64 valence electrons. The molecular weight excluding hydrogens is 290 g/mol. The first-order valence-electron chi connectivity index (χ1n) is 3.23. The highest BCUT2D eigenvalue weighted by atomic mass is 127. The number of carbonyl (C=O) groups is 1. The molecule has 2 rings (SSSR count). The summed E-state index contributed by atoms with van der Waals surface area (Å²) in [5.74, 6) is 0.804. The SMILES string of the molecule is Cl.O=C1COc2cc(I)ccc21. The molecule has 1 heterocycles. The molecule has 0 aliphatic carbocycles. The number of ketones is 1. The van der Waals surface area contributed by atoms with Gasteiger partial charge < -0.3 is 4.74 Å². The molecule has 0 spiro atoms. The van der Waals surface area contributed by atoms with E-state index in [0.717, 1.165) is 9.32 Å². The highest BCUT2D eigenvalue weighted by molar-refractivity contribution is 14.1. The van der Waals surface area contributed by atoms with Crippen LogP contribution in [0.15, 0.2) is 18.2 Å². The Morgan fingerprint density at radius 2 is 2.17 bits per heavy atom. The van der Waals surface area contributed by atoms with Gasteiger partial charge in [0.05, 0.1) is 5.56 Å². The fraction of sp³-hybridized carbons (Fsp3) is 0.125. The fourth-order valence-corrected chi connectivity index (χ4v) is 1.53. The zero-order valence-corrected chi connectivity index (χ0v) is 9.02. The highest BCUT2D eigenvalue weighted by Crippen LogP contribution is 2.26. The minimum absolute atomic E-state index is 0. The second kappa shape index (κ2) is 3.62. The van der Waals surface area contributed by atoms with Gasteiger partial charge in [0, 0.05) is 3.57 Å². The summed E-state index contributed by atoms with van der Waals surface area (Å²) in [7, 11) is 0. The van der Waals surface area contributed by atoms with E-state index in [0.29, 0.717) is 5.56 Å². The summed E-state index contributed by atoms with van der Waals surface area (Å²) in [6, 6.07) is 5.60. The molecule has 0 bridgehead atoms. The van der Waals surface area contributed by atoms with Gasteiger partial charge in [0.15, 0.2) is 6.61 Å². The van der Waals surface area contributed by atoms with Gasteiger partial charge in [-0.3, -0.25) is 4.79 Å². The van der Waals surface area contributed by atoms with Gasteiger partial charge in [-0.25, -0.2) is 0 Å². The topological polar surface area (TPSA) is 26.3 Å². The van der Waals surface area contributed by atoms with Gasteiger partial charge >= 0.3 is 0 Å². The molecule has 0 aromatic heterocycles. The first-order chi connectivity index (χ1) is 5.27. The van der Waals surface area contributed by atoms with Crippen LogP contribution in [0.25, 0.3) is 0 Å². The lowest BCUT2D eigenvalue weighted by Crippen LogP contribution is -1.98. The number of rotatable bonds is 0. The minimum Gasteiger partial charge on any atom is -0.485 e. The molecule has 1 aromatic carbocycles. The van der Waals surface area contributed by atoms with Gasteiger partial charge in [-0.15, -0.1) is 12.4 Å². The van der Waals surface area contributed by atoms with Crippen molar-refractivity contribution in [3.05, 3.63) is 27.3 Å². The Hall–Kier alpha value is -0.290. The van der Waals surface area contributed by atoms with Crippen molar-refractivity contribution < 1.29 is 9.53 Å². The van der Waals surface area contributed by atoms with Gasteiger partial charge in [-0.05, 0) is 40.8 Å². The Morgan fingerprint density at radius 1 is 1.42 bits per heavy atom. The monoisotopic (exact) mass is 296 g/mol. The Bertz CT molecular complexity index is 325. The molecular formula is C8H6ClIO2. The van der Waals surface area contributed by atoms with Gasteiger partial charge in [-0.1, -0.05) is 0 Å². The summed E-state index contributed by atoms with van der Waals surface area (Å²) in [6.45, 7) is 0.204. The van der Waals surface area contributed by atoms with Crippen LogP contribution in [0.3, 0.4) is 0 Å². The van der Waals surface area contributed by atoms with Crippen LogP contribution in [0.4, 0.5) is 0 Å². The molecule has 4 heteroatoms. The summed E-state index contributed by atoms with van der Waals surface area (Å²) >= 11 is 2.19. The third-order valence-corrected chi connectivity index (χ3v) is 2.27. The molecule has 0 saturated heterocycles. The van der Waals surface area contributed by atoms with Crippen LogP contribution in [0, 0.1) is 3.57 Å². The lowest BCUT2D eigenvalue weighted by atomic mass is 10.2. The Kier molecular flexibility index (Phi) is 2.95. The molecule has 12 heavy (non-hydrogen) atoms. The van der Waals surface area contributed by atoms with E-state index in [9.17, 15) is 4.79 Å². The van der Waals surface area contributed by atoms with Gasteiger partial charge in [-0.2, -0.15) is 0 Å². The summed E-state index contributed by atoms with van der Waals surface area (Å²) in [4.78, 5) is 11.0. The van der Waals surface area contributed by atoms with Crippen LogP contribution in [-0.2, 0) is 0 Å². The summed E-state index contributed by atoms with van der Waals surface area (Å²) in [5, 5.41) is 0. The largest absolute Gasteiger partial charge is 0.485 e. The number of hydrogen-bond donors (Lipinski definition) is 0. The number of benzene rings is 1. The Balaban J connectivity index is 0.000000720. The van der Waals surface area contributed by atoms with E-state index in [1.54, 1.807) is 0 Å². The van der Waals surface area contributed by atoms with Crippen molar-refractivity contribution in [2.75, 3.05) is 6.61 Å². The standard InChI is InChI=1S/C8H5IO2.ClH/c9-5-1-2-6-7(10)4-11-8(6)3-5;/h1-3H,4H2;1H. The van der Waals surface area contributed by atoms with Crippen molar-refractivity contribution in [1.82, 2.24) is 0 Å². The average Bonchev–Trinajstić information content (AvgIpc) is 2.32. The number of carbonyl (C=O) groups excluding carboxylic acids is 1. The Labute approximate surface area is 89.8 Å². The first kappa shape index (κ1) is 9.80. The number of hydrogen-bond acceptors (Lipinski definition) is 2. The molecule has 0 radical (unpaired) electrons. The van der Waals surface area contributed by atoms with E-state index in [1.807, 2.05) is 18.2 Å². The van der Waals surface area contributed by atoms with Crippen LogP contribution in [0.2, 0.25) is 0 Å². The lowest BCUT2D eigenvalue weighted by molar-refractivity contribution is 0.0961. The van der Waals surface area contributed by atoms with E-state index < -0.39 is 0 Å². The first-order valence-corrected chi connectivity index (χ1v) is 4.31. The predicted molar refractivity (Wildman–Crippen MR) is 56.2 cm³/mol. The third-order valence-electron chi connectivity index (χ3n) is 1.60. The van der Waals surface area contributed by atoms with Gasteiger partial charge in [0.2, 0.25) is 5.78 Å². The zero-order chi connectivity index (χ0) is 7.84. The number of ether oxygens (including phenoxy) is 1. The molecule has 2 nitrogen and oxygen atoms in total. The van der Waals surface area contributed by atoms with Crippen LogP contribution >= 0.6 is 35.0 Å². The van der Waals surface area contributed by atoms with Crippen molar-refractivity contribution in [2.45, 2.75) is 0 Å². The predicted octanol–water partition coefficient (Wildman–Crippen LogP) is 2.29. The van der Waals surface area contributed by atoms with Gasteiger partial charge in [0.1, 0.15) is 5.75 Å². The second-order valence-electron chi connectivity index (χ2n) is 2.35. The molecule has 1 aromatic rings. The molecule has 1 aliphatic heterocycles. The average molecular weight is 296 g/mol. The smallest absolute Gasteiger partial charge is 0.203 e. The quantitative estimate of drug-likeness (QED) is 0.687. The van der Waals surface area contributed by atoms with Crippen molar-refractivity contribution >= 4 is 40.8 Å². The van der Waals surface area contributed by atoms with Crippen LogP contribution in [-0.4, -0.2) is 12.4 Å². The van der Waals surface area contributed by atoms with E-state index in [2.05, 4.69) is 22.6 Å². The molecule has 0 fully saturated rings. The van der Waals surface area contributed by atoms with Crippen molar-refractivity contribution in [3.8, 4) is 5.75 Å². The highest BCUT2D eigenvalue weighted by Gasteiger charge is 2.20. The maximum Gasteiger partial charge on any atom is 0.203 e.